The first-order chi connectivity index (χ1) is 7.74. The fourth-order valence-electron chi connectivity index (χ4n) is 1.38. The first kappa shape index (κ1) is 14.2. The largest absolute Gasteiger partial charge is 0.399 e. The summed E-state index contributed by atoms with van der Waals surface area (Å²) >= 11 is 3.10. The summed E-state index contributed by atoms with van der Waals surface area (Å²) in [6.45, 7) is 7.31. The monoisotopic (exact) mass is 318 g/mol. The molecular formula is C11H15BrN2O2S. The summed E-state index contributed by atoms with van der Waals surface area (Å²) in [5.74, 6) is 0. The standard InChI is InChI=1S/C11H15BrN2O2S/c1-7-4-10(13)5-11(9(7)3)17(15,16)14-6-8(2)12/h4-5,14H,2,6,13H2,1,3H3. The van der Waals surface area contributed by atoms with Crippen LogP contribution in [-0.2, 0) is 10.0 Å². The Labute approximate surface area is 110 Å². The first-order valence-corrected chi connectivity index (χ1v) is 7.21. The van der Waals surface area contributed by atoms with Gasteiger partial charge in [-0.05, 0) is 37.1 Å². The van der Waals surface area contributed by atoms with Crippen molar-refractivity contribution in [1.29, 1.82) is 0 Å². The molecule has 6 heteroatoms. The lowest BCUT2D eigenvalue weighted by molar-refractivity contribution is 0.584. The van der Waals surface area contributed by atoms with Crippen LogP contribution in [0.5, 0.6) is 0 Å². The molecule has 0 fully saturated rings. The van der Waals surface area contributed by atoms with Gasteiger partial charge in [-0.1, -0.05) is 22.5 Å². The van der Waals surface area contributed by atoms with Gasteiger partial charge in [0, 0.05) is 16.7 Å². The quantitative estimate of drug-likeness (QED) is 0.835. The zero-order valence-electron chi connectivity index (χ0n) is 9.75. The summed E-state index contributed by atoms with van der Waals surface area (Å²) in [6, 6.07) is 3.21. The highest BCUT2D eigenvalue weighted by Gasteiger charge is 2.18. The smallest absolute Gasteiger partial charge is 0.241 e. The van der Waals surface area contributed by atoms with Crippen LogP contribution in [-0.4, -0.2) is 15.0 Å². The van der Waals surface area contributed by atoms with Gasteiger partial charge < -0.3 is 5.73 Å². The number of nitrogens with two attached hydrogens (primary N) is 1. The molecule has 4 nitrogen and oxygen atoms in total. The maximum Gasteiger partial charge on any atom is 0.241 e. The molecule has 0 aliphatic rings. The highest BCUT2D eigenvalue weighted by Crippen LogP contribution is 2.22. The molecule has 94 valence electrons. The molecule has 0 radical (unpaired) electrons. The van der Waals surface area contributed by atoms with Crippen molar-refractivity contribution >= 4 is 31.6 Å². The maximum absolute atomic E-state index is 12.0. The number of sulfonamides is 1. The first-order valence-electron chi connectivity index (χ1n) is 4.93. The molecule has 0 amide bonds. The predicted octanol–water partition coefficient (Wildman–Crippen LogP) is 2.07. The Morgan fingerprint density at radius 2 is 2.06 bits per heavy atom. The maximum atomic E-state index is 12.0. The van der Waals surface area contributed by atoms with E-state index in [0.717, 1.165) is 5.56 Å². The predicted molar refractivity (Wildman–Crippen MR) is 73.6 cm³/mol. The van der Waals surface area contributed by atoms with Gasteiger partial charge in [-0.15, -0.1) is 0 Å². The minimum atomic E-state index is -3.55. The number of rotatable bonds is 4. The molecule has 0 unspecified atom stereocenters. The van der Waals surface area contributed by atoms with Gasteiger partial charge in [-0.25, -0.2) is 13.1 Å². The molecule has 1 aromatic carbocycles. The summed E-state index contributed by atoms with van der Waals surface area (Å²) in [7, 11) is -3.55. The molecule has 0 atom stereocenters. The van der Waals surface area contributed by atoms with Crippen LogP contribution < -0.4 is 10.5 Å². The van der Waals surface area contributed by atoms with E-state index in [9.17, 15) is 8.42 Å². The average molecular weight is 319 g/mol. The number of benzene rings is 1. The van der Waals surface area contributed by atoms with E-state index in [4.69, 9.17) is 5.73 Å². The normalized spacial score (nSPS) is 11.5. The van der Waals surface area contributed by atoms with Crippen LogP contribution >= 0.6 is 15.9 Å². The summed E-state index contributed by atoms with van der Waals surface area (Å²) in [6.07, 6.45) is 0. The number of anilines is 1. The lowest BCUT2D eigenvalue weighted by atomic mass is 10.1. The number of hydrogen-bond acceptors (Lipinski definition) is 3. The van der Waals surface area contributed by atoms with Crippen molar-refractivity contribution in [2.45, 2.75) is 18.7 Å². The molecule has 17 heavy (non-hydrogen) atoms. The van der Waals surface area contributed by atoms with E-state index in [2.05, 4.69) is 27.2 Å². The zero-order chi connectivity index (χ0) is 13.2. The van der Waals surface area contributed by atoms with Crippen molar-refractivity contribution in [2.75, 3.05) is 12.3 Å². The van der Waals surface area contributed by atoms with Gasteiger partial charge in [0.15, 0.2) is 0 Å². The molecule has 3 N–H and O–H groups in total. The highest BCUT2D eigenvalue weighted by molar-refractivity contribution is 9.11. The SMILES string of the molecule is C=C(Br)CNS(=O)(=O)c1cc(N)cc(C)c1C. The summed E-state index contributed by atoms with van der Waals surface area (Å²) in [5.41, 5.74) is 7.65. The minimum absolute atomic E-state index is 0.148. The van der Waals surface area contributed by atoms with Crippen molar-refractivity contribution in [3.63, 3.8) is 0 Å². The van der Waals surface area contributed by atoms with E-state index in [0.29, 0.717) is 15.7 Å². The van der Waals surface area contributed by atoms with Crippen LogP contribution in [0.3, 0.4) is 0 Å². The van der Waals surface area contributed by atoms with Crippen molar-refractivity contribution in [3.8, 4) is 0 Å². The Bertz CT molecular complexity index is 553. The van der Waals surface area contributed by atoms with E-state index in [1.54, 1.807) is 13.0 Å². The lowest BCUT2D eigenvalue weighted by Gasteiger charge is -2.11. The van der Waals surface area contributed by atoms with Gasteiger partial charge in [0.25, 0.3) is 0 Å². The van der Waals surface area contributed by atoms with Crippen LogP contribution in [0.25, 0.3) is 0 Å². The van der Waals surface area contributed by atoms with E-state index in [1.807, 2.05) is 6.92 Å². The van der Waals surface area contributed by atoms with Crippen molar-refractivity contribution < 1.29 is 8.42 Å². The number of halogens is 1. The second-order valence-electron chi connectivity index (χ2n) is 3.80. The lowest BCUT2D eigenvalue weighted by Crippen LogP contribution is -2.25. The molecule has 0 bridgehead atoms. The van der Waals surface area contributed by atoms with Gasteiger partial charge in [0.1, 0.15) is 0 Å². The van der Waals surface area contributed by atoms with Crippen LogP contribution in [0.2, 0.25) is 0 Å². The number of nitrogens with one attached hydrogen (secondary N) is 1. The van der Waals surface area contributed by atoms with E-state index >= 15 is 0 Å². The molecule has 1 rings (SSSR count). The molecule has 0 aromatic heterocycles. The Balaban J connectivity index is 3.19. The van der Waals surface area contributed by atoms with Gasteiger partial charge in [-0.2, -0.15) is 0 Å². The second-order valence-corrected chi connectivity index (χ2v) is 6.66. The van der Waals surface area contributed by atoms with Crippen LogP contribution in [0, 0.1) is 13.8 Å². The minimum Gasteiger partial charge on any atom is -0.399 e. The van der Waals surface area contributed by atoms with Crippen molar-refractivity contribution in [1.82, 2.24) is 4.72 Å². The number of hydrogen-bond donors (Lipinski definition) is 2. The summed E-state index contributed by atoms with van der Waals surface area (Å²) in [4.78, 5) is 0.212. The molecule has 0 saturated heterocycles. The van der Waals surface area contributed by atoms with Gasteiger partial charge in [0.05, 0.1) is 4.90 Å². The zero-order valence-corrected chi connectivity index (χ0v) is 12.2. The Morgan fingerprint density at radius 1 is 1.47 bits per heavy atom. The molecule has 0 saturated carbocycles. The van der Waals surface area contributed by atoms with Crippen LogP contribution in [0.1, 0.15) is 11.1 Å². The van der Waals surface area contributed by atoms with Gasteiger partial charge in [-0.3, -0.25) is 0 Å². The average Bonchev–Trinajstić information content (AvgIpc) is 2.20. The second kappa shape index (κ2) is 5.20. The highest BCUT2D eigenvalue weighted by atomic mass is 79.9. The van der Waals surface area contributed by atoms with E-state index < -0.39 is 10.0 Å². The summed E-state index contributed by atoms with van der Waals surface area (Å²) in [5, 5.41) is 0. The Kier molecular flexibility index (Phi) is 4.35. The van der Waals surface area contributed by atoms with Gasteiger partial charge >= 0.3 is 0 Å². The van der Waals surface area contributed by atoms with Crippen molar-refractivity contribution in [2.24, 2.45) is 0 Å². The number of nitrogen functional groups attached to an aromatic ring is 1. The molecule has 0 aliphatic carbocycles. The van der Waals surface area contributed by atoms with E-state index in [1.165, 1.54) is 6.07 Å². The summed E-state index contributed by atoms with van der Waals surface area (Å²) < 4.78 is 27.1. The third-order valence-electron chi connectivity index (χ3n) is 2.39. The van der Waals surface area contributed by atoms with E-state index in [-0.39, 0.29) is 11.4 Å². The molecule has 0 heterocycles. The Hall–Kier alpha value is -0.850. The van der Waals surface area contributed by atoms with Crippen LogP contribution in [0.15, 0.2) is 28.1 Å². The fraction of sp³-hybridized carbons (Fsp3) is 0.273. The van der Waals surface area contributed by atoms with Gasteiger partial charge in [0.2, 0.25) is 10.0 Å². The third kappa shape index (κ3) is 3.55. The molecular weight excluding hydrogens is 304 g/mol. The molecule has 0 spiro atoms. The van der Waals surface area contributed by atoms with Crippen LogP contribution in [0.4, 0.5) is 5.69 Å². The third-order valence-corrected chi connectivity index (χ3v) is 4.19. The molecule has 0 aliphatic heterocycles. The molecule has 1 aromatic rings. The van der Waals surface area contributed by atoms with Crippen molar-refractivity contribution in [3.05, 3.63) is 34.3 Å². The fourth-order valence-corrected chi connectivity index (χ4v) is 3.08. The topological polar surface area (TPSA) is 72.2 Å². The Morgan fingerprint density at radius 3 is 2.59 bits per heavy atom. The number of aryl methyl sites for hydroxylation is 1.